The predicted octanol–water partition coefficient (Wildman–Crippen LogP) is 3.93. The summed E-state index contributed by atoms with van der Waals surface area (Å²) in [5.41, 5.74) is 1.70. The molecule has 0 bridgehead atoms. The van der Waals surface area contributed by atoms with Crippen LogP contribution in [0.1, 0.15) is 11.5 Å². The predicted molar refractivity (Wildman–Crippen MR) is 94.8 cm³/mol. The van der Waals surface area contributed by atoms with Gasteiger partial charge >= 0.3 is 0 Å². The van der Waals surface area contributed by atoms with Gasteiger partial charge in [-0.1, -0.05) is 23.4 Å². The van der Waals surface area contributed by atoms with Gasteiger partial charge in [0.1, 0.15) is 5.75 Å². The highest BCUT2D eigenvalue weighted by molar-refractivity contribution is 5.70. The first-order valence-corrected chi connectivity index (χ1v) is 7.62. The number of benzene rings is 2. The minimum atomic E-state index is 0.399. The summed E-state index contributed by atoms with van der Waals surface area (Å²) in [5, 5.41) is 4.01. The van der Waals surface area contributed by atoms with Gasteiger partial charge < -0.3 is 18.7 Å². The second kappa shape index (κ2) is 7.53. The smallest absolute Gasteiger partial charge is 0.250 e. The molecule has 0 saturated carbocycles. The van der Waals surface area contributed by atoms with E-state index in [2.05, 4.69) is 10.1 Å². The second-order valence-corrected chi connectivity index (χ2v) is 5.10. The zero-order valence-corrected chi connectivity index (χ0v) is 14.2. The molecule has 3 rings (SSSR count). The number of aromatic nitrogens is 2. The van der Waals surface area contributed by atoms with E-state index < -0.39 is 0 Å². The van der Waals surface area contributed by atoms with Crippen molar-refractivity contribution in [1.82, 2.24) is 10.1 Å². The Hall–Kier alpha value is -3.28. The third kappa shape index (κ3) is 3.63. The van der Waals surface area contributed by atoms with Crippen molar-refractivity contribution in [2.24, 2.45) is 0 Å². The molecule has 25 heavy (non-hydrogen) atoms. The van der Waals surface area contributed by atoms with Gasteiger partial charge in [-0.2, -0.15) is 4.98 Å². The van der Waals surface area contributed by atoms with Crippen molar-refractivity contribution < 1.29 is 18.7 Å². The molecule has 1 heterocycles. The van der Waals surface area contributed by atoms with Crippen molar-refractivity contribution in [2.45, 2.75) is 0 Å². The number of rotatable bonds is 6. The normalized spacial score (nSPS) is 10.8. The first-order chi connectivity index (χ1) is 12.2. The average Bonchev–Trinajstić information content (AvgIpc) is 3.15. The van der Waals surface area contributed by atoms with Crippen molar-refractivity contribution in [3.05, 3.63) is 53.9 Å². The van der Waals surface area contributed by atoms with E-state index >= 15 is 0 Å². The summed E-state index contributed by atoms with van der Waals surface area (Å²) in [5.74, 6) is 2.90. The fourth-order valence-corrected chi connectivity index (χ4v) is 2.36. The molecule has 0 fully saturated rings. The van der Waals surface area contributed by atoms with Gasteiger partial charge in [-0.05, 0) is 30.3 Å². The highest BCUT2D eigenvalue weighted by Gasteiger charge is 2.11. The summed E-state index contributed by atoms with van der Waals surface area (Å²) >= 11 is 0. The fourth-order valence-electron chi connectivity index (χ4n) is 2.36. The summed E-state index contributed by atoms with van der Waals surface area (Å²) < 4.78 is 21.1. The Bertz CT molecular complexity index is 887. The van der Waals surface area contributed by atoms with Crippen molar-refractivity contribution in [1.29, 1.82) is 0 Å². The van der Waals surface area contributed by atoms with Crippen LogP contribution in [0.4, 0.5) is 0 Å². The molecule has 0 spiro atoms. The molecule has 6 heteroatoms. The lowest BCUT2D eigenvalue weighted by Gasteiger charge is -2.07. The van der Waals surface area contributed by atoms with Crippen LogP contribution in [0.2, 0.25) is 0 Å². The molecule has 0 aliphatic heterocycles. The summed E-state index contributed by atoms with van der Waals surface area (Å²) in [6.45, 7) is 0. The molecule has 0 atom stereocenters. The third-order valence-corrected chi connectivity index (χ3v) is 3.63. The molecular weight excluding hydrogens is 320 g/mol. The van der Waals surface area contributed by atoms with E-state index in [1.807, 2.05) is 36.4 Å². The van der Waals surface area contributed by atoms with Crippen LogP contribution in [0.25, 0.3) is 23.5 Å². The molecule has 0 saturated heterocycles. The standard InChI is InChI=1S/C19H18N2O4/c1-22-15-7-5-4-6-13(15)9-11-18-20-19(21-25-18)14-8-10-16(23-2)17(12-14)24-3/h4-12H,1-3H3/b11-9+. The molecule has 6 nitrogen and oxygen atoms in total. The topological polar surface area (TPSA) is 66.6 Å². The second-order valence-electron chi connectivity index (χ2n) is 5.10. The van der Waals surface area contributed by atoms with E-state index in [0.29, 0.717) is 23.2 Å². The quantitative estimate of drug-likeness (QED) is 0.678. The fraction of sp³-hybridized carbons (Fsp3) is 0.158. The maximum atomic E-state index is 5.31. The number of hydrogen-bond donors (Lipinski definition) is 0. The SMILES string of the molecule is COc1ccccc1/C=C/c1nc(-c2ccc(OC)c(OC)c2)no1. The van der Waals surface area contributed by atoms with Crippen LogP contribution in [-0.2, 0) is 0 Å². The molecule has 2 aromatic carbocycles. The van der Waals surface area contributed by atoms with Gasteiger partial charge in [0.2, 0.25) is 5.82 Å². The van der Waals surface area contributed by atoms with Crippen LogP contribution in [0.15, 0.2) is 47.0 Å². The Kier molecular flexibility index (Phi) is 4.99. The van der Waals surface area contributed by atoms with Gasteiger partial charge in [0, 0.05) is 17.2 Å². The largest absolute Gasteiger partial charge is 0.496 e. The van der Waals surface area contributed by atoms with Crippen LogP contribution < -0.4 is 14.2 Å². The maximum Gasteiger partial charge on any atom is 0.250 e. The van der Waals surface area contributed by atoms with Crippen molar-refractivity contribution in [2.75, 3.05) is 21.3 Å². The van der Waals surface area contributed by atoms with E-state index in [-0.39, 0.29) is 0 Å². The minimum absolute atomic E-state index is 0.399. The summed E-state index contributed by atoms with van der Waals surface area (Å²) in [6.07, 6.45) is 3.61. The number of ether oxygens (including phenoxy) is 3. The first kappa shape index (κ1) is 16.6. The minimum Gasteiger partial charge on any atom is -0.496 e. The lowest BCUT2D eigenvalue weighted by molar-refractivity contribution is 0.355. The van der Waals surface area contributed by atoms with E-state index in [9.17, 15) is 0 Å². The van der Waals surface area contributed by atoms with Gasteiger partial charge in [0.15, 0.2) is 11.5 Å². The summed E-state index contributed by atoms with van der Waals surface area (Å²) in [6, 6.07) is 13.1. The Morgan fingerprint density at radius 1 is 0.840 bits per heavy atom. The Labute approximate surface area is 145 Å². The molecule has 128 valence electrons. The molecular formula is C19H18N2O4. The van der Waals surface area contributed by atoms with Crippen LogP contribution in [0, 0.1) is 0 Å². The monoisotopic (exact) mass is 338 g/mol. The van der Waals surface area contributed by atoms with Crippen molar-refractivity contribution >= 4 is 12.2 Å². The molecule has 0 aliphatic carbocycles. The number of methoxy groups -OCH3 is 3. The Morgan fingerprint density at radius 2 is 1.60 bits per heavy atom. The van der Waals surface area contributed by atoms with Gasteiger partial charge in [-0.25, -0.2) is 0 Å². The van der Waals surface area contributed by atoms with E-state index in [1.54, 1.807) is 39.5 Å². The van der Waals surface area contributed by atoms with E-state index in [0.717, 1.165) is 16.9 Å². The third-order valence-electron chi connectivity index (χ3n) is 3.63. The molecule has 0 N–H and O–H groups in total. The molecule has 1 aromatic heterocycles. The van der Waals surface area contributed by atoms with Crippen LogP contribution in [0.5, 0.6) is 17.2 Å². The Morgan fingerprint density at radius 3 is 2.36 bits per heavy atom. The van der Waals surface area contributed by atoms with Crippen LogP contribution in [-0.4, -0.2) is 31.5 Å². The van der Waals surface area contributed by atoms with Crippen molar-refractivity contribution in [3.63, 3.8) is 0 Å². The first-order valence-electron chi connectivity index (χ1n) is 7.62. The van der Waals surface area contributed by atoms with E-state index in [1.165, 1.54) is 0 Å². The van der Waals surface area contributed by atoms with Gasteiger partial charge in [-0.3, -0.25) is 0 Å². The highest BCUT2D eigenvalue weighted by atomic mass is 16.5. The van der Waals surface area contributed by atoms with Crippen LogP contribution in [0.3, 0.4) is 0 Å². The molecule has 0 amide bonds. The lowest BCUT2D eigenvalue weighted by Crippen LogP contribution is -1.91. The molecule has 3 aromatic rings. The highest BCUT2D eigenvalue weighted by Crippen LogP contribution is 2.31. The van der Waals surface area contributed by atoms with Crippen LogP contribution >= 0.6 is 0 Å². The molecule has 0 unspecified atom stereocenters. The lowest BCUT2D eigenvalue weighted by atomic mass is 10.2. The van der Waals surface area contributed by atoms with Gasteiger partial charge in [-0.15, -0.1) is 0 Å². The van der Waals surface area contributed by atoms with Gasteiger partial charge in [0.05, 0.1) is 21.3 Å². The number of para-hydroxylation sites is 1. The maximum absolute atomic E-state index is 5.31. The zero-order valence-electron chi connectivity index (χ0n) is 14.2. The van der Waals surface area contributed by atoms with Crippen molar-refractivity contribution in [3.8, 4) is 28.6 Å². The zero-order chi connectivity index (χ0) is 17.6. The molecule has 0 aliphatic rings. The van der Waals surface area contributed by atoms with Gasteiger partial charge in [0.25, 0.3) is 5.89 Å². The average molecular weight is 338 g/mol. The Balaban J connectivity index is 1.84. The molecule has 0 radical (unpaired) electrons. The van der Waals surface area contributed by atoms with E-state index in [4.69, 9.17) is 18.7 Å². The number of nitrogens with zero attached hydrogens (tertiary/aromatic N) is 2. The number of hydrogen-bond acceptors (Lipinski definition) is 6. The summed E-state index contributed by atoms with van der Waals surface area (Å²) in [4.78, 5) is 4.38. The summed E-state index contributed by atoms with van der Waals surface area (Å²) in [7, 11) is 4.81.